The Kier molecular flexibility index (Phi) is 3.20. The second-order valence-electron chi connectivity index (χ2n) is 1.78. The Morgan fingerprint density at radius 1 is 1.09 bits per heavy atom. The second kappa shape index (κ2) is 3.60. The normalized spacial score (nSPS) is 10.3. The van der Waals surface area contributed by atoms with Gasteiger partial charge in [-0.2, -0.15) is 0 Å². The quantitative estimate of drug-likeness (QED) is 0.481. The summed E-state index contributed by atoms with van der Waals surface area (Å²) in [5.41, 5.74) is 0. The van der Waals surface area contributed by atoms with Crippen LogP contribution in [0.5, 0.6) is 0 Å². The molecule has 0 saturated heterocycles. The van der Waals surface area contributed by atoms with E-state index in [1.165, 1.54) is 6.07 Å². The molecule has 0 nitrogen and oxygen atoms in total. The van der Waals surface area contributed by atoms with E-state index >= 15 is 0 Å². The van der Waals surface area contributed by atoms with Gasteiger partial charge in [0, 0.05) is 4.47 Å². The molecule has 0 fully saturated rings. The minimum absolute atomic E-state index is 0.0760. The molecule has 5 heteroatoms. The summed E-state index contributed by atoms with van der Waals surface area (Å²) in [5, 5.41) is 0.111. The number of hydrogen-bond acceptors (Lipinski definition) is 0. The molecule has 0 bridgehead atoms. The number of rotatable bonds is 0. The SMILES string of the molecule is Fc1c(Br)cc(Br)c(Cl)c1Cl. The van der Waals surface area contributed by atoms with E-state index in [1.54, 1.807) is 0 Å². The van der Waals surface area contributed by atoms with Gasteiger partial charge >= 0.3 is 0 Å². The molecule has 0 atom stereocenters. The highest BCUT2D eigenvalue weighted by molar-refractivity contribution is 9.11. The van der Waals surface area contributed by atoms with E-state index in [9.17, 15) is 4.39 Å². The molecule has 0 aliphatic carbocycles. The maximum atomic E-state index is 12.9. The van der Waals surface area contributed by atoms with E-state index in [0.29, 0.717) is 8.95 Å². The number of hydrogen-bond donors (Lipinski definition) is 0. The molecule has 0 aromatic heterocycles. The van der Waals surface area contributed by atoms with Crippen molar-refractivity contribution < 1.29 is 4.39 Å². The average molecular weight is 323 g/mol. The van der Waals surface area contributed by atoms with Gasteiger partial charge in [-0.25, -0.2) is 4.39 Å². The van der Waals surface area contributed by atoms with Crippen molar-refractivity contribution in [2.24, 2.45) is 0 Å². The fourth-order valence-corrected chi connectivity index (χ4v) is 2.27. The Labute approximate surface area is 89.9 Å². The summed E-state index contributed by atoms with van der Waals surface area (Å²) >= 11 is 17.2. The van der Waals surface area contributed by atoms with Crippen LogP contribution in [0.2, 0.25) is 10.0 Å². The zero-order valence-corrected chi connectivity index (χ0v) is 9.65. The fourth-order valence-electron chi connectivity index (χ4n) is 0.544. The first kappa shape index (κ1) is 9.78. The van der Waals surface area contributed by atoms with Crippen LogP contribution in [0.15, 0.2) is 15.0 Å². The van der Waals surface area contributed by atoms with Crippen LogP contribution in [0.4, 0.5) is 4.39 Å². The van der Waals surface area contributed by atoms with E-state index < -0.39 is 5.82 Å². The van der Waals surface area contributed by atoms with Crippen LogP contribution in [0.3, 0.4) is 0 Å². The summed E-state index contributed by atoms with van der Waals surface area (Å²) in [5.74, 6) is -0.542. The van der Waals surface area contributed by atoms with Crippen molar-refractivity contribution in [3.8, 4) is 0 Å². The molecule has 0 spiro atoms. The van der Waals surface area contributed by atoms with Gasteiger partial charge in [0.25, 0.3) is 0 Å². The van der Waals surface area contributed by atoms with E-state index in [-0.39, 0.29) is 10.0 Å². The molecule has 1 rings (SSSR count). The first-order valence-electron chi connectivity index (χ1n) is 2.52. The number of benzene rings is 1. The van der Waals surface area contributed by atoms with Crippen LogP contribution >= 0.6 is 55.1 Å². The molecular formula is C6HBr2Cl2F. The Bertz CT molecular complexity index is 275. The molecule has 11 heavy (non-hydrogen) atoms. The molecule has 0 aliphatic heterocycles. The van der Waals surface area contributed by atoms with Gasteiger partial charge in [-0.1, -0.05) is 23.2 Å². The number of halogens is 5. The van der Waals surface area contributed by atoms with Gasteiger partial charge in [0.05, 0.1) is 14.5 Å². The molecule has 0 amide bonds. The van der Waals surface area contributed by atoms with Gasteiger partial charge in [-0.05, 0) is 37.9 Å². The van der Waals surface area contributed by atoms with Crippen molar-refractivity contribution in [2.75, 3.05) is 0 Å². The summed E-state index contributed by atoms with van der Waals surface area (Å²) < 4.78 is 13.7. The van der Waals surface area contributed by atoms with Crippen molar-refractivity contribution in [2.45, 2.75) is 0 Å². The van der Waals surface area contributed by atoms with Crippen LogP contribution < -0.4 is 0 Å². The highest BCUT2D eigenvalue weighted by Gasteiger charge is 2.11. The summed E-state index contributed by atoms with van der Waals surface area (Å²) in [6.45, 7) is 0. The second-order valence-corrected chi connectivity index (χ2v) is 4.25. The summed E-state index contributed by atoms with van der Waals surface area (Å²) in [6, 6.07) is 1.50. The van der Waals surface area contributed by atoms with Gasteiger partial charge < -0.3 is 0 Å². The minimum Gasteiger partial charge on any atom is -0.204 e. The van der Waals surface area contributed by atoms with Crippen molar-refractivity contribution >= 4 is 55.1 Å². The predicted octanol–water partition coefficient (Wildman–Crippen LogP) is 4.66. The molecule has 1 aromatic carbocycles. The molecule has 0 radical (unpaired) electrons. The lowest BCUT2D eigenvalue weighted by atomic mass is 10.3. The first-order chi connectivity index (χ1) is 5.04. The molecule has 0 N–H and O–H groups in total. The van der Waals surface area contributed by atoms with Crippen LogP contribution in [0.25, 0.3) is 0 Å². The summed E-state index contributed by atoms with van der Waals surface area (Å²) in [6.07, 6.45) is 0. The van der Waals surface area contributed by atoms with Gasteiger partial charge in [-0.3, -0.25) is 0 Å². The summed E-state index contributed by atoms with van der Waals surface area (Å²) in [7, 11) is 0. The maximum absolute atomic E-state index is 12.9. The van der Waals surface area contributed by atoms with Gasteiger partial charge in [-0.15, -0.1) is 0 Å². The van der Waals surface area contributed by atoms with E-state index in [4.69, 9.17) is 23.2 Å². The van der Waals surface area contributed by atoms with Crippen molar-refractivity contribution in [1.29, 1.82) is 0 Å². The molecule has 1 aromatic rings. The van der Waals surface area contributed by atoms with Crippen molar-refractivity contribution in [1.82, 2.24) is 0 Å². The van der Waals surface area contributed by atoms with Gasteiger partial charge in [0.1, 0.15) is 0 Å². The van der Waals surface area contributed by atoms with Crippen molar-refractivity contribution in [3.05, 3.63) is 30.9 Å². The first-order valence-corrected chi connectivity index (χ1v) is 4.86. The highest BCUT2D eigenvalue weighted by Crippen LogP contribution is 2.36. The van der Waals surface area contributed by atoms with Crippen molar-refractivity contribution in [3.63, 3.8) is 0 Å². The Balaban J connectivity index is 3.46. The molecular weight excluding hydrogens is 322 g/mol. The monoisotopic (exact) mass is 320 g/mol. The lowest BCUT2D eigenvalue weighted by Crippen LogP contribution is -1.81. The molecule has 0 heterocycles. The minimum atomic E-state index is -0.542. The predicted molar refractivity (Wildman–Crippen MR) is 51.8 cm³/mol. The van der Waals surface area contributed by atoms with Gasteiger partial charge in [0.2, 0.25) is 0 Å². The van der Waals surface area contributed by atoms with E-state index in [0.717, 1.165) is 0 Å². The third-order valence-electron chi connectivity index (χ3n) is 1.06. The van der Waals surface area contributed by atoms with Crippen LogP contribution in [-0.2, 0) is 0 Å². The lowest BCUT2D eigenvalue weighted by molar-refractivity contribution is 0.621. The van der Waals surface area contributed by atoms with Crippen LogP contribution in [0.1, 0.15) is 0 Å². The third kappa shape index (κ3) is 1.89. The highest BCUT2D eigenvalue weighted by atomic mass is 79.9. The fraction of sp³-hybridized carbons (Fsp3) is 0. The van der Waals surface area contributed by atoms with Gasteiger partial charge in [0.15, 0.2) is 5.82 Å². The molecule has 60 valence electrons. The van der Waals surface area contributed by atoms with E-state index in [2.05, 4.69) is 31.9 Å². The largest absolute Gasteiger partial charge is 0.204 e. The van der Waals surface area contributed by atoms with Crippen LogP contribution in [0, 0.1) is 5.82 Å². The third-order valence-corrected chi connectivity index (χ3v) is 3.33. The maximum Gasteiger partial charge on any atom is 0.157 e. The Hall–Kier alpha value is 0.690. The van der Waals surface area contributed by atoms with Crippen LogP contribution in [-0.4, -0.2) is 0 Å². The smallest absolute Gasteiger partial charge is 0.157 e. The topological polar surface area (TPSA) is 0 Å². The Morgan fingerprint density at radius 2 is 1.64 bits per heavy atom. The zero-order chi connectivity index (χ0) is 8.59. The molecule has 0 aliphatic rings. The molecule has 0 unspecified atom stereocenters. The lowest BCUT2D eigenvalue weighted by Gasteiger charge is -2.01. The zero-order valence-electron chi connectivity index (χ0n) is 4.97. The average Bonchev–Trinajstić information content (AvgIpc) is 1.97. The standard InChI is InChI=1S/C6HBr2Cl2F/c7-2-1-3(8)6(11)5(10)4(2)9/h1H. The van der Waals surface area contributed by atoms with E-state index in [1.807, 2.05) is 0 Å². The summed E-state index contributed by atoms with van der Waals surface area (Å²) in [4.78, 5) is 0. The Morgan fingerprint density at radius 3 is 2.18 bits per heavy atom. The molecule has 0 saturated carbocycles.